The van der Waals surface area contributed by atoms with E-state index >= 15 is 8.78 Å². The maximum absolute atomic E-state index is 17.2. The van der Waals surface area contributed by atoms with Crippen molar-refractivity contribution in [3.8, 4) is 22.9 Å². The van der Waals surface area contributed by atoms with Gasteiger partial charge in [0.15, 0.2) is 5.82 Å². The standard InChI is InChI=1S/C37H38ClF7N4O4/c1-5-21-26(39)8-7-19-13-20(50)14-22(27(19)21)28-25(38)15-23-30(29(28)40)46-34(52-18-35(2)16-48(4)12-9-24(35)31(41)42)47-32(23)49-11-6-10-36(3,17-49)53-33(51)37(43,44)45/h7-8,13-15,24,31,50H,5-6,9-12,16-18H2,1-4H3/t24-,35+,36-/m1/s1. The minimum Gasteiger partial charge on any atom is -0.508 e. The summed E-state index contributed by atoms with van der Waals surface area (Å²) in [5, 5.41) is 11.2. The van der Waals surface area contributed by atoms with Gasteiger partial charge in [0.2, 0.25) is 6.43 Å². The number of hydrogen-bond donors (Lipinski definition) is 1. The number of carbonyl (C=O) groups excluding carboxylic acids is 1. The number of benzene rings is 3. The molecule has 4 aromatic rings. The molecule has 0 spiro atoms. The van der Waals surface area contributed by atoms with E-state index in [4.69, 9.17) is 21.1 Å². The number of likely N-dealkylation sites (tertiary alicyclic amines) is 1. The topological polar surface area (TPSA) is 88.0 Å². The van der Waals surface area contributed by atoms with Gasteiger partial charge in [-0.25, -0.2) is 22.4 Å². The molecule has 0 unspecified atom stereocenters. The molecule has 1 N–H and O–H groups in total. The third-order valence-electron chi connectivity index (χ3n) is 10.3. The molecular weight excluding hydrogens is 733 g/mol. The number of phenolic OH excluding ortho intramolecular Hbond substituents is 1. The zero-order chi connectivity index (χ0) is 38.6. The quantitative estimate of drug-likeness (QED) is 0.141. The Labute approximate surface area is 305 Å². The Balaban J connectivity index is 1.52. The van der Waals surface area contributed by atoms with Crippen LogP contribution in [0.2, 0.25) is 5.02 Å². The summed E-state index contributed by atoms with van der Waals surface area (Å²) < 4.78 is 111. The molecule has 2 aliphatic heterocycles. The Kier molecular flexibility index (Phi) is 10.4. The molecule has 16 heteroatoms. The molecule has 1 aromatic heterocycles. The number of nitrogens with zero attached hydrogens (tertiary/aromatic N) is 4. The minimum absolute atomic E-state index is 0.0104. The van der Waals surface area contributed by atoms with Gasteiger partial charge >= 0.3 is 18.2 Å². The van der Waals surface area contributed by atoms with Gasteiger partial charge in [-0.05, 0) is 92.4 Å². The number of ether oxygens (including phenoxy) is 2. The Bertz CT molecular complexity index is 2070. The Morgan fingerprint density at radius 2 is 1.85 bits per heavy atom. The molecule has 0 radical (unpaired) electrons. The summed E-state index contributed by atoms with van der Waals surface area (Å²) in [4.78, 5) is 24.2. The number of halogens is 8. The number of carbonyl (C=O) groups is 1. The second-order valence-electron chi connectivity index (χ2n) is 14.5. The van der Waals surface area contributed by atoms with Crippen molar-refractivity contribution < 1.29 is 50.1 Å². The number of alkyl halides is 5. The zero-order valence-corrected chi connectivity index (χ0v) is 30.1. The van der Waals surface area contributed by atoms with Crippen molar-refractivity contribution in [2.24, 2.45) is 11.3 Å². The minimum atomic E-state index is -5.24. The smallest absolute Gasteiger partial charge is 0.490 e. The monoisotopic (exact) mass is 770 g/mol. The first kappa shape index (κ1) is 38.6. The number of phenols is 1. The molecule has 0 saturated carbocycles. The van der Waals surface area contributed by atoms with Crippen LogP contribution in [-0.4, -0.2) is 84.0 Å². The highest BCUT2D eigenvalue weighted by atomic mass is 35.5. The molecule has 0 amide bonds. The summed E-state index contributed by atoms with van der Waals surface area (Å²) in [6.45, 7) is 5.06. The van der Waals surface area contributed by atoms with Crippen molar-refractivity contribution in [1.29, 1.82) is 0 Å². The maximum atomic E-state index is 17.2. The van der Waals surface area contributed by atoms with Crippen molar-refractivity contribution in [1.82, 2.24) is 14.9 Å². The Morgan fingerprint density at radius 3 is 2.53 bits per heavy atom. The first-order valence-corrected chi connectivity index (χ1v) is 17.5. The van der Waals surface area contributed by atoms with Gasteiger partial charge in [0.05, 0.1) is 18.2 Å². The fourth-order valence-corrected chi connectivity index (χ4v) is 8.13. The normalized spacial score (nSPS) is 22.9. The average Bonchev–Trinajstić information content (AvgIpc) is 3.06. The van der Waals surface area contributed by atoms with E-state index in [0.29, 0.717) is 17.3 Å². The lowest BCUT2D eigenvalue weighted by molar-refractivity contribution is -0.213. The molecule has 2 fully saturated rings. The van der Waals surface area contributed by atoms with E-state index in [-0.39, 0.29) is 96.1 Å². The highest BCUT2D eigenvalue weighted by Gasteiger charge is 2.47. The van der Waals surface area contributed by atoms with Gasteiger partial charge in [0.25, 0.3) is 0 Å². The lowest BCUT2D eigenvalue weighted by Crippen LogP contribution is -2.51. The molecule has 3 atom stereocenters. The van der Waals surface area contributed by atoms with Gasteiger partial charge in [-0.2, -0.15) is 23.1 Å². The Hall–Kier alpha value is -4.11. The van der Waals surface area contributed by atoms with Crippen LogP contribution in [0.3, 0.4) is 0 Å². The van der Waals surface area contributed by atoms with Crippen LogP contribution < -0.4 is 9.64 Å². The number of hydrogen-bond acceptors (Lipinski definition) is 8. The van der Waals surface area contributed by atoms with Gasteiger partial charge in [-0.15, -0.1) is 0 Å². The number of piperidine rings is 2. The van der Waals surface area contributed by atoms with Gasteiger partial charge < -0.3 is 24.4 Å². The largest absolute Gasteiger partial charge is 0.508 e. The van der Waals surface area contributed by atoms with Gasteiger partial charge in [-0.3, -0.25) is 0 Å². The molecule has 8 nitrogen and oxygen atoms in total. The zero-order valence-electron chi connectivity index (χ0n) is 29.4. The van der Waals surface area contributed by atoms with Crippen molar-refractivity contribution in [3.63, 3.8) is 0 Å². The third-order valence-corrected chi connectivity index (χ3v) is 10.6. The number of fused-ring (bicyclic) bond motifs is 2. The van der Waals surface area contributed by atoms with Crippen molar-refractivity contribution in [2.75, 3.05) is 44.7 Å². The first-order valence-electron chi connectivity index (χ1n) is 17.1. The Morgan fingerprint density at radius 1 is 1.11 bits per heavy atom. The molecule has 3 aromatic carbocycles. The lowest BCUT2D eigenvalue weighted by atomic mass is 9.73. The van der Waals surface area contributed by atoms with Crippen LogP contribution in [-0.2, 0) is 16.0 Å². The molecule has 6 rings (SSSR count). The van der Waals surface area contributed by atoms with E-state index in [1.807, 2.05) is 4.90 Å². The highest BCUT2D eigenvalue weighted by molar-refractivity contribution is 6.35. The number of aromatic hydroxyl groups is 1. The van der Waals surface area contributed by atoms with Crippen LogP contribution in [0.15, 0.2) is 30.3 Å². The van der Waals surface area contributed by atoms with Crippen LogP contribution in [0.4, 0.5) is 36.6 Å². The SMILES string of the molecule is CCc1c(F)ccc2cc(O)cc(-c3c(Cl)cc4c(N5CCC[C@@](C)(OC(=O)C(F)(F)F)C5)nc(OC[C@]5(C)CN(C)CC[C@@H]5C(F)F)nc4c3F)c12. The molecule has 286 valence electrons. The molecule has 0 bridgehead atoms. The first-order chi connectivity index (χ1) is 24.8. The number of aryl methyl sites for hydroxylation is 1. The fourth-order valence-electron chi connectivity index (χ4n) is 7.84. The van der Waals surface area contributed by atoms with Crippen LogP contribution in [0.1, 0.15) is 45.6 Å². The lowest BCUT2D eigenvalue weighted by Gasteiger charge is -2.44. The molecule has 2 aliphatic rings. The van der Waals surface area contributed by atoms with Crippen LogP contribution in [0.5, 0.6) is 11.8 Å². The molecule has 3 heterocycles. The van der Waals surface area contributed by atoms with Crippen molar-refractivity contribution in [3.05, 3.63) is 52.6 Å². The van der Waals surface area contributed by atoms with E-state index in [9.17, 15) is 31.9 Å². The summed E-state index contributed by atoms with van der Waals surface area (Å²) >= 11 is 6.81. The summed E-state index contributed by atoms with van der Waals surface area (Å²) in [6, 6.07) is 6.31. The predicted octanol–water partition coefficient (Wildman–Crippen LogP) is 8.72. The van der Waals surface area contributed by atoms with E-state index in [1.54, 1.807) is 20.9 Å². The van der Waals surface area contributed by atoms with Gasteiger partial charge in [0, 0.05) is 35.4 Å². The second-order valence-corrected chi connectivity index (χ2v) is 14.9. The summed E-state index contributed by atoms with van der Waals surface area (Å²) in [7, 11) is 1.80. The number of aromatic nitrogens is 2. The van der Waals surface area contributed by atoms with Gasteiger partial charge in [-0.1, -0.05) is 31.5 Å². The van der Waals surface area contributed by atoms with Crippen molar-refractivity contribution in [2.45, 2.75) is 64.7 Å². The highest BCUT2D eigenvalue weighted by Crippen LogP contribution is 2.45. The van der Waals surface area contributed by atoms with E-state index in [0.717, 1.165) is 0 Å². The number of rotatable bonds is 8. The van der Waals surface area contributed by atoms with E-state index < -0.39 is 53.1 Å². The van der Waals surface area contributed by atoms with Crippen LogP contribution >= 0.6 is 11.6 Å². The van der Waals surface area contributed by atoms with Crippen molar-refractivity contribution >= 4 is 45.1 Å². The summed E-state index contributed by atoms with van der Waals surface area (Å²) in [5.41, 5.74) is -2.94. The van der Waals surface area contributed by atoms with Gasteiger partial charge in [0.1, 0.15) is 28.5 Å². The summed E-state index contributed by atoms with van der Waals surface area (Å²) in [6.07, 6.45) is -7.13. The predicted molar refractivity (Wildman–Crippen MR) is 186 cm³/mol. The van der Waals surface area contributed by atoms with Crippen LogP contribution in [0.25, 0.3) is 32.8 Å². The maximum Gasteiger partial charge on any atom is 0.490 e. The average molecular weight is 771 g/mol. The molecule has 2 saturated heterocycles. The van der Waals surface area contributed by atoms with E-state index in [2.05, 4.69) is 9.97 Å². The molecular formula is C37H38ClF7N4O4. The fraction of sp³-hybridized carbons (Fsp3) is 0.486. The molecule has 0 aliphatic carbocycles. The molecule has 53 heavy (non-hydrogen) atoms. The number of esters is 1. The van der Waals surface area contributed by atoms with Crippen LogP contribution in [0, 0.1) is 23.0 Å². The number of anilines is 1. The second kappa shape index (κ2) is 14.3. The third kappa shape index (κ3) is 7.51. The summed E-state index contributed by atoms with van der Waals surface area (Å²) in [5.74, 6) is -5.20. The van der Waals surface area contributed by atoms with E-state index in [1.165, 1.54) is 42.2 Å².